The van der Waals surface area contributed by atoms with Gasteiger partial charge in [-0.25, -0.2) is 9.79 Å². The van der Waals surface area contributed by atoms with Crippen molar-refractivity contribution in [2.45, 2.75) is 32.9 Å². The summed E-state index contributed by atoms with van der Waals surface area (Å²) < 4.78 is 10.6. The van der Waals surface area contributed by atoms with Crippen LogP contribution in [0.5, 0.6) is 0 Å². The van der Waals surface area contributed by atoms with Crippen molar-refractivity contribution < 1.29 is 14.3 Å². The first kappa shape index (κ1) is 16.0. The zero-order chi connectivity index (χ0) is 16.2. The maximum Gasteiger partial charge on any atom is 0.330 e. The SMILES string of the molecule is COC(=O)/C=C/C1=C(C)C(=NCc2ccccc2)OC1(C)C. The van der Waals surface area contributed by atoms with E-state index in [4.69, 9.17) is 4.74 Å². The molecule has 116 valence electrons. The fraction of sp³-hybridized carbons (Fsp3) is 0.333. The molecule has 1 aliphatic rings. The van der Waals surface area contributed by atoms with Gasteiger partial charge in [0.25, 0.3) is 0 Å². The predicted molar refractivity (Wildman–Crippen MR) is 86.6 cm³/mol. The summed E-state index contributed by atoms with van der Waals surface area (Å²) in [5, 5.41) is 0. The number of nitrogens with zero attached hydrogens (tertiary/aromatic N) is 1. The van der Waals surface area contributed by atoms with Gasteiger partial charge in [0.2, 0.25) is 5.90 Å². The summed E-state index contributed by atoms with van der Waals surface area (Å²) in [6.07, 6.45) is 3.15. The van der Waals surface area contributed by atoms with Crippen LogP contribution in [-0.4, -0.2) is 24.6 Å². The molecule has 0 saturated carbocycles. The van der Waals surface area contributed by atoms with Gasteiger partial charge in [-0.1, -0.05) is 30.3 Å². The summed E-state index contributed by atoms with van der Waals surface area (Å²) in [5.74, 6) is 0.240. The largest absolute Gasteiger partial charge is 0.467 e. The summed E-state index contributed by atoms with van der Waals surface area (Å²) in [4.78, 5) is 15.8. The molecule has 0 aromatic heterocycles. The van der Waals surface area contributed by atoms with E-state index in [0.29, 0.717) is 12.4 Å². The van der Waals surface area contributed by atoms with Crippen LogP contribution in [0.2, 0.25) is 0 Å². The van der Waals surface area contributed by atoms with E-state index in [0.717, 1.165) is 16.7 Å². The lowest BCUT2D eigenvalue weighted by atomic mass is 9.96. The lowest BCUT2D eigenvalue weighted by molar-refractivity contribution is -0.134. The number of carbonyl (C=O) groups is 1. The summed E-state index contributed by atoms with van der Waals surface area (Å²) in [5.41, 5.74) is 2.50. The van der Waals surface area contributed by atoms with Crippen LogP contribution in [0.15, 0.2) is 58.6 Å². The van der Waals surface area contributed by atoms with E-state index in [-0.39, 0.29) is 5.97 Å². The number of hydrogen-bond acceptors (Lipinski definition) is 4. The summed E-state index contributed by atoms with van der Waals surface area (Å²) in [6, 6.07) is 10.0. The van der Waals surface area contributed by atoms with Crippen molar-refractivity contribution in [2.75, 3.05) is 7.11 Å². The third kappa shape index (κ3) is 3.64. The Morgan fingerprint density at radius 2 is 2.00 bits per heavy atom. The van der Waals surface area contributed by atoms with E-state index in [1.54, 1.807) is 6.08 Å². The average molecular weight is 299 g/mol. The fourth-order valence-electron chi connectivity index (χ4n) is 2.38. The Balaban J connectivity index is 2.22. The lowest BCUT2D eigenvalue weighted by Gasteiger charge is -2.20. The van der Waals surface area contributed by atoms with Crippen LogP contribution in [0.1, 0.15) is 26.3 Å². The highest BCUT2D eigenvalue weighted by atomic mass is 16.5. The molecule has 2 rings (SSSR count). The number of benzene rings is 1. The number of aliphatic imine (C=N–C) groups is 1. The van der Waals surface area contributed by atoms with Crippen LogP contribution < -0.4 is 0 Å². The second kappa shape index (κ2) is 6.60. The van der Waals surface area contributed by atoms with E-state index in [9.17, 15) is 4.79 Å². The van der Waals surface area contributed by atoms with Crippen LogP contribution >= 0.6 is 0 Å². The minimum atomic E-state index is -0.510. The maximum absolute atomic E-state index is 11.3. The molecule has 0 amide bonds. The molecule has 0 radical (unpaired) electrons. The molecule has 4 nitrogen and oxygen atoms in total. The topological polar surface area (TPSA) is 47.9 Å². The first-order chi connectivity index (χ1) is 10.4. The monoisotopic (exact) mass is 299 g/mol. The van der Waals surface area contributed by atoms with Crippen molar-refractivity contribution >= 4 is 11.9 Å². The molecule has 1 aromatic rings. The maximum atomic E-state index is 11.3. The molecule has 22 heavy (non-hydrogen) atoms. The summed E-state index contributed by atoms with van der Waals surface area (Å²) in [6.45, 7) is 6.43. The highest BCUT2D eigenvalue weighted by Gasteiger charge is 2.35. The van der Waals surface area contributed by atoms with Crippen molar-refractivity contribution in [3.05, 3.63) is 59.2 Å². The number of rotatable bonds is 4. The molecule has 0 saturated heterocycles. The second-order valence-electron chi connectivity index (χ2n) is 5.61. The predicted octanol–water partition coefficient (Wildman–Crippen LogP) is 3.44. The van der Waals surface area contributed by atoms with Crippen molar-refractivity contribution in [2.24, 2.45) is 4.99 Å². The molecule has 1 aromatic carbocycles. The van der Waals surface area contributed by atoms with Gasteiger partial charge < -0.3 is 9.47 Å². The first-order valence-electron chi connectivity index (χ1n) is 7.19. The van der Waals surface area contributed by atoms with Crippen LogP contribution in [0.25, 0.3) is 0 Å². The number of ether oxygens (including phenoxy) is 2. The third-order valence-corrected chi connectivity index (χ3v) is 3.56. The molecule has 0 atom stereocenters. The number of hydrogen-bond donors (Lipinski definition) is 0. The van der Waals surface area contributed by atoms with E-state index in [1.807, 2.05) is 51.1 Å². The first-order valence-corrected chi connectivity index (χ1v) is 7.19. The Morgan fingerprint density at radius 1 is 1.32 bits per heavy atom. The van der Waals surface area contributed by atoms with Gasteiger partial charge in [-0.05, 0) is 32.4 Å². The third-order valence-electron chi connectivity index (χ3n) is 3.56. The van der Waals surface area contributed by atoms with E-state index in [2.05, 4.69) is 9.73 Å². The van der Waals surface area contributed by atoms with Crippen molar-refractivity contribution in [1.82, 2.24) is 0 Å². The van der Waals surface area contributed by atoms with Gasteiger partial charge in [-0.15, -0.1) is 0 Å². The second-order valence-corrected chi connectivity index (χ2v) is 5.61. The quantitative estimate of drug-likeness (QED) is 0.632. The Bertz CT molecular complexity index is 640. The highest BCUT2D eigenvalue weighted by Crippen LogP contribution is 2.33. The average Bonchev–Trinajstić information content (AvgIpc) is 2.73. The molecule has 0 aliphatic carbocycles. The molecule has 0 fully saturated rings. The van der Waals surface area contributed by atoms with Crippen molar-refractivity contribution in [3.63, 3.8) is 0 Å². The van der Waals surface area contributed by atoms with Gasteiger partial charge >= 0.3 is 5.97 Å². The fourth-order valence-corrected chi connectivity index (χ4v) is 2.38. The molecular weight excluding hydrogens is 278 g/mol. The molecule has 1 aliphatic heterocycles. The summed E-state index contributed by atoms with van der Waals surface area (Å²) in [7, 11) is 1.36. The van der Waals surface area contributed by atoms with Crippen molar-refractivity contribution in [1.29, 1.82) is 0 Å². The van der Waals surface area contributed by atoms with Crippen LogP contribution in [0, 0.1) is 0 Å². The highest BCUT2D eigenvalue weighted by molar-refractivity contribution is 5.98. The molecule has 0 N–H and O–H groups in total. The molecule has 0 spiro atoms. The van der Waals surface area contributed by atoms with Gasteiger partial charge in [0, 0.05) is 17.2 Å². The van der Waals surface area contributed by atoms with Crippen LogP contribution in [0.4, 0.5) is 0 Å². The van der Waals surface area contributed by atoms with E-state index in [1.165, 1.54) is 13.2 Å². The number of esters is 1. The Morgan fingerprint density at radius 3 is 2.64 bits per heavy atom. The number of carbonyl (C=O) groups excluding carboxylic acids is 1. The van der Waals surface area contributed by atoms with E-state index < -0.39 is 5.60 Å². The van der Waals surface area contributed by atoms with Gasteiger partial charge in [-0.3, -0.25) is 0 Å². The van der Waals surface area contributed by atoms with E-state index >= 15 is 0 Å². The van der Waals surface area contributed by atoms with Gasteiger partial charge in [0.15, 0.2) is 0 Å². The Hall–Kier alpha value is -2.36. The zero-order valence-electron chi connectivity index (χ0n) is 13.4. The normalized spacial score (nSPS) is 18.8. The molecule has 1 heterocycles. The van der Waals surface area contributed by atoms with Gasteiger partial charge in [0.05, 0.1) is 13.7 Å². The van der Waals surface area contributed by atoms with Crippen molar-refractivity contribution in [3.8, 4) is 0 Å². The zero-order valence-corrected chi connectivity index (χ0v) is 13.4. The van der Waals surface area contributed by atoms with Crippen LogP contribution in [0.3, 0.4) is 0 Å². The molecule has 0 unspecified atom stereocenters. The smallest absolute Gasteiger partial charge is 0.330 e. The lowest BCUT2D eigenvalue weighted by Crippen LogP contribution is -2.22. The molecule has 4 heteroatoms. The standard InChI is InChI=1S/C18H21NO3/c1-13-15(10-11-16(20)21-4)18(2,3)22-17(13)19-12-14-8-6-5-7-9-14/h5-11H,12H2,1-4H3/b11-10+,19-17?. The Labute approximate surface area is 131 Å². The Kier molecular flexibility index (Phi) is 4.81. The van der Waals surface area contributed by atoms with Gasteiger partial charge in [0.1, 0.15) is 5.60 Å². The minimum absolute atomic E-state index is 0.384. The minimum Gasteiger partial charge on any atom is -0.467 e. The molecule has 0 bridgehead atoms. The van der Waals surface area contributed by atoms with Gasteiger partial charge in [-0.2, -0.15) is 0 Å². The number of methoxy groups -OCH3 is 1. The molecular formula is C18H21NO3. The van der Waals surface area contributed by atoms with Crippen LogP contribution in [-0.2, 0) is 20.8 Å². The summed E-state index contributed by atoms with van der Waals surface area (Å²) >= 11 is 0.